The number of hydrogen-bond donors (Lipinski definition) is 1. The highest BCUT2D eigenvalue weighted by atomic mass is 16.5. The van der Waals surface area contributed by atoms with Crippen molar-refractivity contribution in [1.29, 1.82) is 0 Å². The second kappa shape index (κ2) is 9.47. The Morgan fingerprint density at radius 1 is 0.969 bits per heavy atom. The molecule has 2 aromatic carbocycles. The van der Waals surface area contributed by atoms with Gasteiger partial charge in [-0.05, 0) is 48.7 Å². The minimum atomic E-state index is -0.359. The third-order valence-electron chi connectivity index (χ3n) is 5.17. The molecule has 1 aliphatic rings. The Morgan fingerprint density at radius 2 is 1.72 bits per heavy atom. The molecule has 6 nitrogen and oxygen atoms in total. The van der Waals surface area contributed by atoms with Crippen LogP contribution in [0, 0.1) is 6.92 Å². The molecule has 0 bridgehead atoms. The smallest absolute Gasteiger partial charge is 0.278 e. The lowest BCUT2D eigenvalue weighted by Crippen LogP contribution is -2.32. The Kier molecular flexibility index (Phi) is 6.31. The zero-order chi connectivity index (χ0) is 22.5. The van der Waals surface area contributed by atoms with E-state index < -0.39 is 0 Å². The number of carbonyl (C=O) groups excluding carboxylic acids is 2. The summed E-state index contributed by atoms with van der Waals surface area (Å²) in [6.07, 6.45) is 4.20. The molecule has 6 heteroatoms. The van der Waals surface area contributed by atoms with Gasteiger partial charge in [-0.2, -0.15) is 0 Å². The SMILES string of the molecule is CCCOc1cccc(NC2=C(c3ccc(C)cc3)C(=O)N(Cc3ccncc3)C2=O)c1. The lowest BCUT2D eigenvalue weighted by atomic mass is 10.0. The lowest BCUT2D eigenvalue weighted by molar-refractivity contribution is -0.137. The van der Waals surface area contributed by atoms with Crippen LogP contribution in [0.15, 0.2) is 78.8 Å². The predicted molar refractivity (Wildman–Crippen MR) is 124 cm³/mol. The van der Waals surface area contributed by atoms with Crippen LogP contribution in [-0.2, 0) is 16.1 Å². The Bertz CT molecular complexity index is 1150. The molecular formula is C26H25N3O3. The standard InChI is InChI=1S/C26H25N3O3/c1-3-15-32-22-6-4-5-21(16-22)28-24-23(20-9-7-18(2)8-10-20)25(30)29(26(24)31)17-19-11-13-27-14-12-19/h4-14,16,28H,3,15,17H2,1-2H3. The molecule has 3 aromatic rings. The molecule has 0 aliphatic carbocycles. The molecule has 4 rings (SSSR count). The number of nitrogens with zero attached hydrogens (tertiary/aromatic N) is 2. The Balaban J connectivity index is 1.70. The van der Waals surface area contributed by atoms with Crippen molar-refractivity contribution >= 4 is 23.1 Å². The van der Waals surface area contributed by atoms with Crippen LogP contribution in [0.4, 0.5) is 5.69 Å². The summed E-state index contributed by atoms with van der Waals surface area (Å²) in [4.78, 5) is 32.0. The first-order valence-electron chi connectivity index (χ1n) is 10.6. The normalized spacial score (nSPS) is 13.6. The van der Waals surface area contributed by atoms with Crippen LogP contribution in [0.1, 0.15) is 30.0 Å². The summed E-state index contributed by atoms with van der Waals surface area (Å²) in [6.45, 7) is 4.82. The third-order valence-corrected chi connectivity index (χ3v) is 5.17. The molecule has 2 heterocycles. The topological polar surface area (TPSA) is 71.5 Å². The molecule has 1 aromatic heterocycles. The van der Waals surface area contributed by atoms with E-state index in [0.717, 1.165) is 17.5 Å². The number of pyridine rings is 1. The van der Waals surface area contributed by atoms with Crippen molar-refractivity contribution in [1.82, 2.24) is 9.88 Å². The molecule has 2 amide bonds. The van der Waals surface area contributed by atoms with E-state index in [1.165, 1.54) is 4.90 Å². The largest absolute Gasteiger partial charge is 0.494 e. The van der Waals surface area contributed by atoms with E-state index in [-0.39, 0.29) is 24.1 Å². The molecule has 32 heavy (non-hydrogen) atoms. The van der Waals surface area contributed by atoms with Crippen LogP contribution in [0.2, 0.25) is 0 Å². The maximum absolute atomic E-state index is 13.4. The summed E-state index contributed by atoms with van der Waals surface area (Å²) in [5.74, 6) is 0.0265. The average molecular weight is 428 g/mol. The minimum Gasteiger partial charge on any atom is -0.494 e. The van der Waals surface area contributed by atoms with Crippen LogP contribution in [0.3, 0.4) is 0 Å². The summed E-state index contributed by atoms with van der Waals surface area (Å²) >= 11 is 0. The zero-order valence-electron chi connectivity index (χ0n) is 18.2. The summed E-state index contributed by atoms with van der Waals surface area (Å²) in [7, 11) is 0. The van der Waals surface area contributed by atoms with Gasteiger partial charge in [0, 0.05) is 24.1 Å². The molecule has 162 valence electrons. The fourth-order valence-electron chi connectivity index (χ4n) is 3.52. The fraction of sp³-hybridized carbons (Fsp3) is 0.192. The third kappa shape index (κ3) is 4.54. The van der Waals surface area contributed by atoms with E-state index in [1.807, 2.05) is 62.4 Å². The van der Waals surface area contributed by atoms with Gasteiger partial charge in [-0.15, -0.1) is 0 Å². The highest BCUT2D eigenvalue weighted by molar-refractivity contribution is 6.36. The molecule has 0 radical (unpaired) electrons. The molecular weight excluding hydrogens is 402 g/mol. The van der Waals surface area contributed by atoms with Crippen molar-refractivity contribution in [3.05, 3.63) is 95.4 Å². The summed E-state index contributed by atoms with van der Waals surface area (Å²) < 4.78 is 5.71. The van der Waals surface area contributed by atoms with Crippen LogP contribution < -0.4 is 10.1 Å². The van der Waals surface area contributed by atoms with Gasteiger partial charge in [-0.1, -0.05) is 42.8 Å². The lowest BCUT2D eigenvalue weighted by Gasteiger charge is -2.15. The van der Waals surface area contributed by atoms with Gasteiger partial charge in [0.15, 0.2) is 0 Å². The molecule has 0 saturated heterocycles. The minimum absolute atomic E-state index is 0.181. The first-order valence-corrected chi connectivity index (χ1v) is 10.6. The highest BCUT2D eigenvalue weighted by Crippen LogP contribution is 2.32. The number of aryl methyl sites for hydroxylation is 1. The molecule has 1 aliphatic heterocycles. The number of ether oxygens (including phenoxy) is 1. The Labute approximate surface area is 187 Å². The van der Waals surface area contributed by atoms with E-state index >= 15 is 0 Å². The van der Waals surface area contributed by atoms with Crippen molar-refractivity contribution in [2.45, 2.75) is 26.8 Å². The van der Waals surface area contributed by atoms with Gasteiger partial charge in [-0.3, -0.25) is 19.5 Å². The quantitative estimate of drug-likeness (QED) is 0.533. The first-order chi connectivity index (χ1) is 15.6. The number of nitrogens with one attached hydrogen (secondary N) is 1. The van der Waals surface area contributed by atoms with Gasteiger partial charge in [-0.25, -0.2) is 0 Å². The van der Waals surface area contributed by atoms with Gasteiger partial charge in [0.05, 0.1) is 18.7 Å². The maximum Gasteiger partial charge on any atom is 0.278 e. The monoisotopic (exact) mass is 427 g/mol. The van der Waals surface area contributed by atoms with Crippen molar-refractivity contribution in [2.75, 3.05) is 11.9 Å². The number of benzene rings is 2. The summed E-state index contributed by atoms with van der Waals surface area (Å²) in [5.41, 5.74) is 3.93. The van der Waals surface area contributed by atoms with Gasteiger partial charge in [0.25, 0.3) is 11.8 Å². The van der Waals surface area contributed by atoms with Crippen molar-refractivity contribution in [3.8, 4) is 5.75 Å². The molecule has 0 spiro atoms. The van der Waals surface area contributed by atoms with Crippen molar-refractivity contribution in [3.63, 3.8) is 0 Å². The molecule has 0 fully saturated rings. The number of imide groups is 1. The van der Waals surface area contributed by atoms with E-state index in [4.69, 9.17) is 4.74 Å². The predicted octanol–water partition coefficient (Wildman–Crippen LogP) is 4.57. The summed E-state index contributed by atoms with van der Waals surface area (Å²) in [6, 6.07) is 18.6. The van der Waals surface area contributed by atoms with Crippen LogP contribution in [-0.4, -0.2) is 28.3 Å². The van der Waals surface area contributed by atoms with E-state index in [9.17, 15) is 9.59 Å². The van der Waals surface area contributed by atoms with Crippen LogP contribution in [0.5, 0.6) is 5.75 Å². The molecule has 1 N–H and O–H groups in total. The number of aromatic nitrogens is 1. The van der Waals surface area contributed by atoms with Gasteiger partial charge in [0.1, 0.15) is 11.4 Å². The molecule has 0 atom stereocenters. The zero-order valence-corrected chi connectivity index (χ0v) is 18.2. The molecule has 0 unspecified atom stereocenters. The van der Waals surface area contributed by atoms with Gasteiger partial charge < -0.3 is 10.1 Å². The van der Waals surface area contributed by atoms with Crippen molar-refractivity contribution < 1.29 is 14.3 Å². The Morgan fingerprint density at radius 3 is 2.44 bits per heavy atom. The number of amides is 2. The summed E-state index contributed by atoms with van der Waals surface area (Å²) in [5, 5.41) is 3.19. The van der Waals surface area contributed by atoms with Crippen LogP contribution in [0.25, 0.3) is 5.57 Å². The number of hydrogen-bond acceptors (Lipinski definition) is 5. The average Bonchev–Trinajstić information content (AvgIpc) is 3.03. The highest BCUT2D eigenvalue weighted by Gasteiger charge is 2.39. The molecule has 0 saturated carbocycles. The van der Waals surface area contributed by atoms with E-state index in [1.54, 1.807) is 24.5 Å². The van der Waals surface area contributed by atoms with Crippen molar-refractivity contribution in [2.24, 2.45) is 0 Å². The number of carbonyl (C=O) groups is 2. The van der Waals surface area contributed by atoms with E-state index in [2.05, 4.69) is 10.3 Å². The second-order valence-electron chi connectivity index (χ2n) is 7.67. The first kappa shape index (κ1) is 21.3. The fourth-order valence-corrected chi connectivity index (χ4v) is 3.52. The maximum atomic E-state index is 13.4. The number of rotatable bonds is 8. The number of anilines is 1. The van der Waals surface area contributed by atoms with Crippen LogP contribution >= 0.6 is 0 Å². The van der Waals surface area contributed by atoms with Gasteiger partial charge in [0.2, 0.25) is 0 Å². The Hall–Kier alpha value is -3.93. The van der Waals surface area contributed by atoms with E-state index in [0.29, 0.717) is 29.2 Å². The second-order valence-corrected chi connectivity index (χ2v) is 7.67. The van der Waals surface area contributed by atoms with Gasteiger partial charge >= 0.3 is 0 Å².